The van der Waals surface area contributed by atoms with Gasteiger partial charge in [0.2, 0.25) is 0 Å². The molecule has 0 saturated carbocycles. The van der Waals surface area contributed by atoms with Gasteiger partial charge in [-0.05, 0) is 57.5 Å². The van der Waals surface area contributed by atoms with E-state index in [1.54, 1.807) is 43.5 Å². The molecule has 0 spiro atoms. The second-order valence-corrected chi connectivity index (χ2v) is 9.40. The molecule has 0 aliphatic rings. The third-order valence-electron chi connectivity index (χ3n) is 5.60. The summed E-state index contributed by atoms with van der Waals surface area (Å²) in [5.41, 5.74) is 3.08. The SMILES string of the molecule is CC(=O)c1c(C)[nH]c(C(=O)C(C)Sc2nnc(COc3ccccc3F)n2-c2ccccc2)c1C. The van der Waals surface area contributed by atoms with Crippen LogP contribution in [0.25, 0.3) is 5.69 Å². The molecule has 4 rings (SSSR count). The van der Waals surface area contributed by atoms with E-state index in [-0.39, 0.29) is 23.9 Å². The molecule has 1 atom stereocenters. The summed E-state index contributed by atoms with van der Waals surface area (Å²) in [5.74, 6) is -0.110. The molecule has 2 heterocycles. The van der Waals surface area contributed by atoms with Crippen LogP contribution < -0.4 is 4.74 Å². The smallest absolute Gasteiger partial charge is 0.196 e. The fraction of sp³-hybridized carbons (Fsp3) is 0.231. The van der Waals surface area contributed by atoms with Crippen LogP contribution in [0.2, 0.25) is 0 Å². The van der Waals surface area contributed by atoms with Gasteiger partial charge in [-0.25, -0.2) is 4.39 Å². The van der Waals surface area contributed by atoms with Crippen LogP contribution in [-0.2, 0) is 6.61 Å². The first-order valence-corrected chi connectivity index (χ1v) is 11.9. The second-order valence-electron chi connectivity index (χ2n) is 8.09. The number of thioether (sulfide) groups is 1. The molecule has 2 aromatic heterocycles. The molecular weight excluding hydrogens is 467 g/mol. The highest BCUT2D eigenvalue weighted by Crippen LogP contribution is 2.30. The number of ketones is 2. The van der Waals surface area contributed by atoms with Crippen molar-refractivity contribution in [3.05, 3.63) is 88.8 Å². The fourth-order valence-electron chi connectivity index (χ4n) is 3.95. The Labute approximate surface area is 206 Å². The summed E-state index contributed by atoms with van der Waals surface area (Å²) in [6, 6.07) is 15.6. The number of carbonyl (C=O) groups is 2. The number of rotatable bonds is 9. The van der Waals surface area contributed by atoms with Gasteiger partial charge in [0, 0.05) is 16.9 Å². The van der Waals surface area contributed by atoms with Crippen molar-refractivity contribution < 1.29 is 18.7 Å². The van der Waals surface area contributed by atoms with Crippen molar-refractivity contribution in [2.75, 3.05) is 0 Å². The van der Waals surface area contributed by atoms with Crippen molar-refractivity contribution in [1.82, 2.24) is 19.7 Å². The van der Waals surface area contributed by atoms with E-state index >= 15 is 0 Å². The lowest BCUT2D eigenvalue weighted by Crippen LogP contribution is -2.16. The van der Waals surface area contributed by atoms with Crippen LogP contribution >= 0.6 is 11.8 Å². The zero-order valence-corrected chi connectivity index (χ0v) is 20.6. The van der Waals surface area contributed by atoms with Gasteiger partial charge in [-0.15, -0.1) is 10.2 Å². The number of nitrogens with one attached hydrogen (secondary N) is 1. The Bertz CT molecular complexity index is 1380. The minimum atomic E-state index is -0.515. The molecule has 35 heavy (non-hydrogen) atoms. The van der Waals surface area contributed by atoms with E-state index in [4.69, 9.17) is 4.74 Å². The Morgan fingerprint density at radius 3 is 2.43 bits per heavy atom. The van der Waals surface area contributed by atoms with Gasteiger partial charge in [0.15, 0.2) is 34.1 Å². The first-order valence-electron chi connectivity index (χ1n) is 11.1. The second kappa shape index (κ2) is 10.3. The van der Waals surface area contributed by atoms with E-state index in [1.165, 1.54) is 24.8 Å². The number of aryl methyl sites for hydroxylation is 1. The topological polar surface area (TPSA) is 89.9 Å². The number of aromatic nitrogens is 4. The molecule has 7 nitrogen and oxygen atoms in total. The Balaban J connectivity index is 1.62. The first kappa shape index (κ1) is 24.4. The van der Waals surface area contributed by atoms with E-state index in [9.17, 15) is 14.0 Å². The van der Waals surface area contributed by atoms with Gasteiger partial charge in [-0.1, -0.05) is 42.1 Å². The number of Topliss-reactive ketones (excluding diaryl/α,β-unsaturated/α-hetero) is 2. The number of para-hydroxylation sites is 2. The highest BCUT2D eigenvalue weighted by molar-refractivity contribution is 8.00. The Hall–Kier alpha value is -3.72. The van der Waals surface area contributed by atoms with Gasteiger partial charge < -0.3 is 9.72 Å². The zero-order valence-electron chi connectivity index (χ0n) is 19.8. The average Bonchev–Trinajstić information content (AvgIpc) is 3.37. The lowest BCUT2D eigenvalue weighted by atomic mass is 10.0. The molecule has 9 heteroatoms. The van der Waals surface area contributed by atoms with Crippen LogP contribution in [0.15, 0.2) is 59.8 Å². The molecule has 0 radical (unpaired) electrons. The number of aromatic amines is 1. The van der Waals surface area contributed by atoms with E-state index in [0.717, 1.165) is 5.69 Å². The Morgan fingerprint density at radius 2 is 1.77 bits per heavy atom. The molecule has 0 saturated heterocycles. The van der Waals surface area contributed by atoms with Gasteiger partial charge >= 0.3 is 0 Å². The fourth-order valence-corrected chi connectivity index (χ4v) is 4.90. The van der Waals surface area contributed by atoms with E-state index in [1.807, 2.05) is 30.3 Å². The monoisotopic (exact) mass is 492 g/mol. The lowest BCUT2D eigenvalue weighted by Gasteiger charge is -2.13. The highest BCUT2D eigenvalue weighted by Gasteiger charge is 2.26. The maximum atomic E-state index is 14.0. The van der Waals surface area contributed by atoms with Crippen LogP contribution in [0.3, 0.4) is 0 Å². The van der Waals surface area contributed by atoms with Crippen molar-refractivity contribution in [3.8, 4) is 11.4 Å². The average molecular weight is 493 g/mol. The first-order chi connectivity index (χ1) is 16.8. The highest BCUT2D eigenvalue weighted by atomic mass is 32.2. The predicted molar refractivity (Wildman–Crippen MR) is 132 cm³/mol. The largest absolute Gasteiger partial charge is 0.483 e. The van der Waals surface area contributed by atoms with Crippen LogP contribution in [-0.4, -0.2) is 36.6 Å². The van der Waals surface area contributed by atoms with Crippen LogP contribution in [0.1, 0.15) is 51.8 Å². The number of carbonyl (C=O) groups excluding carboxylic acids is 2. The molecule has 4 aromatic rings. The third-order valence-corrected chi connectivity index (χ3v) is 6.64. The minimum Gasteiger partial charge on any atom is -0.483 e. The molecule has 0 aliphatic carbocycles. The molecule has 2 aromatic carbocycles. The molecule has 0 fully saturated rings. The summed E-state index contributed by atoms with van der Waals surface area (Å²) in [4.78, 5) is 28.3. The molecule has 180 valence electrons. The van der Waals surface area contributed by atoms with Gasteiger partial charge in [0.05, 0.1) is 10.9 Å². The number of ether oxygens (including phenoxy) is 1. The zero-order chi connectivity index (χ0) is 25.1. The van der Waals surface area contributed by atoms with Gasteiger partial charge in [-0.3, -0.25) is 14.2 Å². The van der Waals surface area contributed by atoms with E-state index in [0.29, 0.717) is 33.5 Å². The summed E-state index contributed by atoms with van der Waals surface area (Å²) in [6.45, 7) is 6.82. The van der Waals surface area contributed by atoms with Crippen molar-refractivity contribution in [2.24, 2.45) is 0 Å². The van der Waals surface area contributed by atoms with Crippen molar-refractivity contribution in [1.29, 1.82) is 0 Å². The molecular formula is C26H25FN4O3S. The summed E-state index contributed by atoms with van der Waals surface area (Å²) in [5, 5.41) is 8.55. The predicted octanol–water partition coefficient (Wildman–Crippen LogP) is 5.50. The van der Waals surface area contributed by atoms with Gasteiger partial charge in [-0.2, -0.15) is 0 Å². The lowest BCUT2D eigenvalue weighted by molar-refractivity contribution is 0.0988. The van der Waals surface area contributed by atoms with Crippen molar-refractivity contribution in [3.63, 3.8) is 0 Å². The molecule has 0 bridgehead atoms. The van der Waals surface area contributed by atoms with Gasteiger partial charge in [0.25, 0.3) is 0 Å². The molecule has 1 unspecified atom stereocenters. The van der Waals surface area contributed by atoms with Crippen LogP contribution in [0.4, 0.5) is 4.39 Å². The summed E-state index contributed by atoms with van der Waals surface area (Å²) < 4.78 is 21.5. The number of H-pyrrole nitrogens is 1. The summed E-state index contributed by atoms with van der Waals surface area (Å²) >= 11 is 1.25. The molecule has 0 aliphatic heterocycles. The van der Waals surface area contributed by atoms with Gasteiger partial charge in [0.1, 0.15) is 6.61 Å². The number of benzene rings is 2. The number of hydrogen-bond donors (Lipinski definition) is 1. The number of nitrogens with zero attached hydrogens (tertiary/aromatic N) is 3. The molecule has 1 N–H and O–H groups in total. The number of halogens is 1. The normalized spacial score (nSPS) is 11.9. The third kappa shape index (κ3) is 5.05. The van der Waals surface area contributed by atoms with Crippen molar-refractivity contribution >= 4 is 23.3 Å². The maximum Gasteiger partial charge on any atom is 0.196 e. The van der Waals surface area contributed by atoms with E-state index in [2.05, 4.69) is 15.2 Å². The standard InChI is InChI=1S/C26H25FN4O3S/c1-15-23(17(3)32)16(2)28-24(15)25(33)18(4)35-26-30-29-22(31(26)19-10-6-5-7-11-19)14-34-21-13-9-8-12-20(21)27/h5-13,18,28H,14H2,1-4H3. The minimum absolute atomic E-state index is 0.0113. The summed E-state index contributed by atoms with van der Waals surface area (Å²) in [7, 11) is 0. The van der Waals surface area contributed by atoms with Crippen molar-refractivity contribution in [2.45, 2.75) is 44.7 Å². The molecule has 0 amide bonds. The Morgan fingerprint density at radius 1 is 1.09 bits per heavy atom. The van der Waals surface area contributed by atoms with E-state index < -0.39 is 11.1 Å². The van der Waals surface area contributed by atoms with Crippen LogP contribution in [0, 0.1) is 19.7 Å². The number of hydrogen-bond acceptors (Lipinski definition) is 6. The quantitative estimate of drug-likeness (QED) is 0.245. The Kier molecular flexibility index (Phi) is 7.16. The van der Waals surface area contributed by atoms with Crippen LogP contribution in [0.5, 0.6) is 5.75 Å². The summed E-state index contributed by atoms with van der Waals surface area (Å²) in [6.07, 6.45) is 0. The maximum absolute atomic E-state index is 14.0.